The zero-order valence-electron chi connectivity index (χ0n) is 11.1. The van der Waals surface area contributed by atoms with Crippen LogP contribution in [0.25, 0.3) is 6.08 Å². The average molecular weight is 249 g/mol. The minimum Gasteiger partial charge on any atom is -0.400 e. The molecule has 1 saturated heterocycles. The number of nitrogens with zero attached hydrogens (tertiary/aromatic N) is 1. The Kier molecular flexibility index (Phi) is 3.30. The minimum atomic E-state index is -0.430. The van der Waals surface area contributed by atoms with Crippen LogP contribution in [0.2, 0.25) is 0 Å². The Morgan fingerprint density at radius 1 is 1.22 bits per heavy atom. The van der Waals surface area contributed by atoms with E-state index >= 15 is 0 Å². The second-order valence-corrected chi connectivity index (χ2v) is 5.38. The fourth-order valence-electron chi connectivity index (χ4n) is 1.66. The van der Waals surface area contributed by atoms with E-state index in [1.807, 2.05) is 27.7 Å². The Labute approximate surface area is 107 Å². The standard InChI is InChI=1S/C13H17BFNO2/c1-12(2)13(3,4)18-14(17-12)7-5-11-9-10(15)6-8-16-11/h5-9H,1-4H3/b7-5+. The van der Waals surface area contributed by atoms with E-state index < -0.39 is 7.12 Å². The quantitative estimate of drug-likeness (QED) is 0.755. The first kappa shape index (κ1) is 13.2. The normalized spacial score (nSPS) is 21.7. The summed E-state index contributed by atoms with van der Waals surface area (Å²) in [7, 11) is -0.430. The number of pyridine rings is 1. The Hall–Kier alpha value is -1.20. The Bertz CT molecular complexity index is 458. The van der Waals surface area contributed by atoms with Gasteiger partial charge in [-0.3, -0.25) is 4.98 Å². The molecule has 0 radical (unpaired) electrons. The molecule has 0 saturated carbocycles. The molecule has 1 aliphatic heterocycles. The third-order valence-electron chi connectivity index (χ3n) is 3.44. The topological polar surface area (TPSA) is 31.4 Å². The summed E-state index contributed by atoms with van der Waals surface area (Å²) in [5, 5.41) is 0. The van der Waals surface area contributed by atoms with Crippen molar-refractivity contribution >= 4 is 13.2 Å². The highest BCUT2D eigenvalue weighted by Crippen LogP contribution is 2.36. The molecule has 0 unspecified atom stereocenters. The molecule has 0 bridgehead atoms. The van der Waals surface area contributed by atoms with Crippen LogP contribution in [-0.2, 0) is 9.31 Å². The van der Waals surface area contributed by atoms with Gasteiger partial charge in [-0.1, -0.05) is 5.98 Å². The van der Waals surface area contributed by atoms with E-state index in [0.29, 0.717) is 5.69 Å². The maximum Gasteiger partial charge on any atom is 0.487 e. The highest BCUT2D eigenvalue weighted by Gasteiger charge is 2.49. The summed E-state index contributed by atoms with van der Waals surface area (Å²) < 4.78 is 24.5. The molecule has 1 aromatic rings. The van der Waals surface area contributed by atoms with Gasteiger partial charge in [0.2, 0.25) is 0 Å². The fraction of sp³-hybridized carbons (Fsp3) is 0.462. The van der Waals surface area contributed by atoms with Gasteiger partial charge in [-0.05, 0) is 45.9 Å². The first-order valence-electron chi connectivity index (χ1n) is 5.96. The number of rotatable bonds is 2. The van der Waals surface area contributed by atoms with E-state index in [9.17, 15) is 4.39 Å². The van der Waals surface area contributed by atoms with Gasteiger partial charge in [0.25, 0.3) is 0 Å². The van der Waals surface area contributed by atoms with Gasteiger partial charge >= 0.3 is 7.12 Å². The summed E-state index contributed by atoms with van der Waals surface area (Å²) in [6, 6.07) is 2.67. The van der Waals surface area contributed by atoms with Crippen molar-refractivity contribution in [3.63, 3.8) is 0 Å². The minimum absolute atomic E-state index is 0.307. The lowest BCUT2D eigenvalue weighted by molar-refractivity contribution is 0.00578. The molecule has 0 aromatic carbocycles. The maximum atomic E-state index is 13.0. The first-order valence-corrected chi connectivity index (χ1v) is 5.96. The molecule has 0 atom stereocenters. The van der Waals surface area contributed by atoms with Crippen molar-refractivity contribution < 1.29 is 13.7 Å². The lowest BCUT2D eigenvalue weighted by atomic mass is 9.89. The summed E-state index contributed by atoms with van der Waals surface area (Å²) in [6.45, 7) is 7.95. The zero-order chi connectivity index (χ0) is 13.4. The van der Waals surface area contributed by atoms with Gasteiger partial charge in [-0.2, -0.15) is 0 Å². The number of halogens is 1. The van der Waals surface area contributed by atoms with Gasteiger partial charge < -0.3 is 9.31 Å². The van der Waals surface area contributed by atoms with E-state index in [1.165, 1.54) is 18.3 Å². The third kappa shape index (κ3) is 2.62. The Morgan fingerprint density at radius 2 is 1.83 bits per heavy atom. The van der Waals surface area contributed by atoms with Crippen molar-refractivity contribution in [2.75, 3.05) is 0 Å². The van der Waals surface area contributed by atoms with Crippen molar-refractivity contribution in [2.45, 2.75) is 38.9 Å². The van der Waals surface area contributed by atoms with Gasteiger partial charge in [-0.25, -0.2) is 4.39 Å². The molecule has 96 valence electrons. The molecule has 1 aliphatic rings. The van der Waals surface area contributed by atoms with Crippen LogP contribution in [0.3, 0.4) is 0 Å². The molecular weight excluding hydrogens is 232 g/mol. The molecule has 2 rings (SSSR count). The monoisotopic (exact) mass is 249 g/mol. The van der Waals surface area contributed by atoms with Crippen LogP contribution in [-0.4, -0.2) is 23.3 Å². The van der Waals surface area contributed by atoms with Gasteiger partial charge in [0.15, 0.2) is 0 Å². The zero-order valence-corrected chi connectivity index (χ0v) is 11.1. The van der Waals surface area contributed by atoms with Crippen LogP contribution in [0.5, 0.6) is 0 Å². The van der Waals surface area contributed by atoms with E-state index in [-0.39, 0.29) is 17.0 Å². The largest absolute Gasteiger partial charge is 0.487 e. The number of hydrogen-bond acceptors (Lipinski definition) is 3. The Balaban J connectivity index is 2.08. The average Bonchev–Trinajstić information content (AvgIpc) is 2.45. The molecule has 0 N–H and O–H groups in total. The van der Waals surface area contributed by atoms with E-state index in [4.69, 9.17) is 9.31 Å². The van der Waals surface area contributed by atoms with Gasteiger partial charge in [0.1, 0.15) is 5.82 Å². The lowest BCUT2D eigenvalue weighted by Crippen LogP contribution is -2.41. The molecule has 1 fully saturated rings. The Morgan fingerprint density at radius 3 is 2.39 bits per heavy atom. The van der Waals surface area contributed by atoms with Crippen LogP contribution in [0.15, 0.2) is 24.3 Å². The van der Waals surface area contributed by atoms with Crippen LogP contribution in [0.4, 0.5) is 4.39 Å². The smallest absolute Gasteiger partial charge is 0.400 e. The van der Waals surface area contributed by atoms with Crippen LogP contribution >= 0.6 is 0 Å². The van der Waals surface area contributed by atoms with E-state index in [0.717, 1.165) is 0 Å². The summed E-state index contributed by atoms with van der Waals surface area (Å²) in [5.41, 5.74) is -0.181. The molecule has 0 aliphatic carbocycles. The molecule has 18 heavy (non-hydrogen) atoms. The van der Waals surface area contributed by atoms with Crippen LogP contribution in [0, 0.1) is 5.82 Å². The summed E-state index contributed by atoms with van der Waals surface area (Å²) in [5.74, 6) is 1.44. The van der Waals surface area contributed by atoms with Crippen molar-refractivity contribution in [2.24, 2.45) is 0 Å². The van der Waals surface area contributed by atoms with Gasteiger partial charge in [-0.15, -0.1) is 0 Å². The van der Waals surface area contributed by atoms with E-state index in [1.54, 1.807) is 12.1 Å². The van der Waals surface area contributed by atoms with Crippen molar-refractivity contribution in [3.8, 4) is 0 Å². The molecular formula is C13H17BFNO2. The predicted octanol–water partition coefficient (Wildman–Crippen LogP) is 2.87. The van der Waals surface area contributed by atoms with Crippen molar-refractivity contribution in [1.82, 2.24) is 4.98 Å². The molecule has 2 heterocycles. The van der Waals surface area contributed by atoms with Gasteiger partial charge in [0.05, 0.1) is 16.9 Å². The number of aromatic nitrogens is 1. The second-order valence-electron chi connectivity index (χ2n) is 5.38. The first-order chi connectivity index (χ1) is 8.30. The highest BCUT2D eigenvalue weighted by molar-refractivity contribution is 6.52. The van der Waals surface area contributed by atoms with Crippen LogP contribution in [0.1, 0.15) is 33.4 Å². The fourth-order valence-corrected chi connectivity index (χ4v) is 1.66. The lowest BCUT2D eigenvalue weighted by Gasteiger charge is -2.32. The SMILES string of the molecule is CC1(C)OB(/C=C/c2cc(F)ccn2)OC1(C)C. The predicted molar refractivity (Wildman–Crippen MR) is 69.3 cm³/mol. The van der Waals surface area contributed by atoms with Crippen molar-refractivity contribution in [3.05, 3.63) is 35.8 Å². The third-order valence-corrected chi connectivity index (χ3v) is 3.44. The molecule has 3 nitrogen and oxygen atoms in total. The van der Waals surface area contributed by atoms with Gasteiger partial charge in [0, 0.05) is 6.20 Å². The van der Waals surface area contributed by atoms with E-state index in [2.05, 4.69) is 4.98 Å². The summed E-state index contributed by atoms with van der Waals surface area (Å²) in [4.78, 5) is 4.04. The van der Waals surface area contributed by atoms with Crippen LogP contribution < -0.4 is 0 Å². The van der Waals surface area contributed by atoms with Crippen molar-refractivity contribution in [1.29, 1.82) is 0 Å². The summed E-state index contributed by atoms with van der Waals surface area (Å²) >= 11 is 0. The maximum absolute atomic E-state index is 13.0. The molecule has 5 heteroatoms. The molecule has 1 aromatic heterocycles. The number of hydrogen-bond donors (Lipinski definition) is 0. The summed E-state index contributed by atoms with van der Waals surface area (Å²) in [6.07, 6.45) is 3.13. The molecule has 0 amide bonds. The highest BCUT2D eigenvalue weighted by atomic mass is 19.1. The second kappa shape index (κ2) is 4.48. The molecule has 0 spiro atoms.